The Balaban J connectivity index is 2.08. The molecule has 0 saturated heterocycles. The van der Waals surface area contributed by atoms with E-state index in [9.17, 15) is 4.79 Å². The number of halogens is 1. The maximum absolute atomic E-state index is 12.1. The van der Waals surface area contributed by atoms with Crippen molar-refractivity contribution in [2.45, 2.75) is 0 Å². The van der Waals surface area contributed by atoms with E-state index < -0.39 is 0 Å². The Hall–Kier alpha value is -2.78. The van der Waals surface area contributed by atoms with Gasteiger partial charge < -0.3 is 9.15 Å². The van der Waals surface area contributed by atoms with E-state index in [0.717, 1.165) is 5.56 Å². The van der Waals surface area contributed by atoms with Crippen molar-refractivity contribution in [3.63, 3.8) is 0 Å². The van der Waals surface area contributed by atoms with Crippen molar-refractivity contribution in [3.8, 4) is 28.4 Å². The first-order valence-electron chi connectivity index (χ1n) is 7.41. The summed E-state index contributed by atoms with van der Waals surface area (Å²) in [7, 11) is 0. The summed E-state index contributed by atoms with van der Waals surface area (Å²) in [6.07, 6.45) is 1.66. The molecule has 0 amide bonds. The Kier molecular flexibility index (Phi) is 4.82. The normalized spacial score (nSPS) is 10.4. The quantitative estimate of drug-likeness (QED) is 0.601. The predicted octanol–water partition coefficient (Wildman–Crippen LogP) is 5.19. The lowest BCUT2D eigenvalue weighted by Crippen LogP contribution is -2.00. The smallest absolute Gasteiger partial charge is 0.186 e. The largest absolute Gasteiger partial charge is 0.489 e. The summed E-state index contributed by atoms with van der Waals surface area (Å²) in [5, 5.41) is 0.625. The van der Waals surface area contributed by atoms with Crippen LogP contribution in [-0.4, -0.2) is 6.61 Å². The van der Waals surface area contributed by atoms with Crippen LogP contribution in [0, 0.1) is 0 Å². The summed E-state index contributed by atoms with van der Waals surface area (Å²) >= 11 is 5.91. The molecule has 0 atom stereocenters. The maximum atomic E-state index is 12.1. The molecular weight excluding hydrogens is 324 g/mol. The molecular formula is C20H15ClO3. The molecule has 0 spiro atoms. The van der Waals surface area contributed by atoms with Gasteiger partial charge in [0.05, 0.1) is 5.56 Å². The molecule has 0 unspecified atom stereocenters. The SMILES string of the molecule is C=CCOc1ccccc1-c1cc(=O)cc(-c2ccc(Cl)cc2)o1. The van der Waals surface area contributed by atoms with Gasteiger partial charge >= 0.3 is 0 Å². The van der Waals surface area contributed by atoms with Crippen molar-refractivity contribution in [2.75, 3.05) is 6.61 Å². The van der Waals surface area contributed by atoms with Gasteiger partial charge in [-0.05, 0) is 36.4 Å². The number of benzene rings is 2. The molecule has 0 aliphatic carbocycles. The molecule has 3 rings (SSSR count). The number of ether oxygens (including phenoxy) is 1. The molecule has 0 bridgehead atoms. The molecule has 24 heavy (non-hydrogen) atoms. The maximum Gasteiger partial charge on any atom is 0.186 e. The standard InChI is InChI=1S/C20H15ClO3/c1-2-11-23-18-6-4-3-5-17(18)20-13-16(22)12-19(24-20)14-7-9-15(21)10-8-14/h2-10,12-13H,1,11H2. The highest BCUT2D eigenvalue weighted by atomic mass is 35.5. The molecule has 1 heterocycles. The van der Waals surface area contributed by atoms with Gasteiger partial charge in [0.15, 0.2) is 5.43 Å². The minimum Gasteiger partial charge on any atom is -0.489 e. The van der Waals surface area contributed by atoms with Gasteiger partial charge in [0.1, 0.15) is 23.9 Å². The van der Waals surface area contributed by atoms with Crippen LogP contribution >= 0.6 is 11.6 Å². The van der Waals surface area contributed by atoms with Crippen molar-refractivity contribution in [1.82, 2.24) is 0 Å². The first-order chi connectivity index (χ1) is 11.7. The number of hydrogen-bond donors (Lipinski definition) is 0. The van der Waals surface area contributed by atoms with E-state index in [1.807, 2.05) is 36.4 Å². The summed E-state index contributed by atoms with van der Waals surface area (Å²) < 4.78 is 11.6. The average Bonchev–Trinajstić information content (AvgIpc) is 2.60. The molecule has 3 nitrogen and oxygen atoms in total. The Morgan fingerprint density at radius 1 is 1.04 bits per heavy atom. The van der Waals surface area contributed by atoms with Crippen molar-refractivity contribution in [1.29, 1.82) is 0 Å². The van der Waals surface area contributed by atoms with Crippen LogP contribution < -0.4 is 10.2 Å². The second-order valence-electron chi connectivity index (χ2n) is 5.12. The van der Waals surface area contributed by atoms with Gasteiger partial charge in [-0.3, -0.25) is 4.79 Å². The Morgan fingerprint density at radius 3 is 2.50 bits per heavy atom. The summed E-state index contributed by atoms with van der Waals surface area (Å²) in [4.78, 5) is 12.1. The van der Waals surface area contributed by atoms with Gasteiger partial charge in [0.2, 0.25) is 0 Å². The minimum atomic E-state index is -0.139. The van der Waals surface area contributed by atoms with E-state index in [0.29, 0.717) is 34.5 Å². The summed E-state index contributed by atoms with van der Waals surface area (Å²) in [5.74, 6) is 1.56. The first kappa shape index (κ1) is 16.1. The van der Waals surface area contributed by atoms with Gasteiger partial charge in [0.25, 0.3) is 0 Å². The molecule has 0 aliphatic heterocycles. The van der Waals surface area contributed by atoms with Crippen molar-refractivity contribution < 1.29 is 9.15 Å². The number of para-hydroxylation sites is 1. The van der Waals surface area contributed by atoms with E-state index in [1.165, 1.54) is 12.1 Å². The molecule has 3 aromatic rings. The van der Waals surface area contributed by atoms with Crippen molar-refractivity contribution >= 4 is 11.6 Å². The van der Waals surface area contributed by atoms with Crippen molar-refractivity contribution in [2.24, 2.45) is 0 Å². The Bertz CT molecular complexity index is 911. The van der Waals surface area contributed by atoms with E-state index in [4.69, 9.17) is 20.8 Å². The highest BCUT2D eigenvalue weighted by Crippen LogP contribution is 2.31. The minimum absolute atomic E-state index is 0.139. The first-order valence-corrected chi connectivity index (χ1v) is 7.79. The average molecular weight is 339 g/mol. The molecule has 2 aromatic carbocycles. The lowest BCUT2D eigenvalue weighted by atomic mass is 10.1. The van der Waals surface area contributed by atoms with E-state index >= 15 is 0 Å². The number of hydrogen-bond acceptors (Lipinski definition) is 3. The topological polar surface area (TPSA) is 39.4 Å². The van der Waals surface area contributed by atoms with Crippen molar-refractivity contribution in [3.05, 3.63) is 88.6 Å². The molecule has 0 N–H and O–H groups in total. The lowest BCUT2D eigenvalue weighted by molar-refractivity contribution is 0.363. The lowest BCUT2D eigenvalue weighted by Gasteiger charge is -2.10. The van der Waals surface area contributed by atoms with Gasteiger partial charge in [-0.25, -0.2) is 0 Å². The molecule has 0 radical (unpaired) electrons. The van der Waals surface area contributed by atoms with Crippen LogP contribution in [0.25, 0.3) is 22.6 Å². The van der Waals surface area contributed by atoms with Crippen LogP contribution in [-0.2, 0) is 0 Å². The fourth-order valence-electron chi connectivity index (χ4n) is 2.31. The molecule has 0 aliphatic rings. The molecule has 120 valence electrons. The van der Waals surface area contributed by atoms with E-state index in [2.05, 4.69) is 6.58 Å². The zero-order chi connectivity index (χ0) is 16.9. The molecule has 0 saturated carbocycles. The second kappa shape index (κ2) is 7.20. The monoisotopic (exact) mass is 338 g/mol. The summed E-state index contributed by atoms with van der Waals surface area (Å²) in [6, 6.07) is 17.4. The molecule has 0 fully saturated rings. The highest BCUT2D eigenvalue weighted by Gasteiger charge is 2.11. The van der Waals surface area contributed by atoms with Crippen LogP contribution in [0.15, 0.2) is 82.5 Å². The summed E-state index contributed by atoms with van der Waals surface area (Å²) in [5.41, 5.74) is 1.36. The van der Waals surface area contributed by atoms with Gasteiger partial charge in [-0.2, -0.15) is 0 Å². The molecule has 4 heteroatoms. The van der Waals surface area contributed by atoms with E-state index in [-0.39, 0.29) is 5.43 Å². The summed E-state index contributed by atoms with van der Waals surface area (Å²) in [6.45, 7) is 4.02. The van der Waals surface area contributed by atoms with Crippen LogP contribution in [0.4, 0.5) is 0 Å². The third kappa shape index (κ3) is 3.58. The fraction of sp³-hybridized carbons (Fsp3) is 0.0500. The van der Waals surface area contributed by atoms with E-state index in [1.54, 1.807) is 18.2 Å². The predicted molar refractivity (Wildman–Crippen MR) is 96.6 cm³/mol. The van der Waals surface area contributed by atoms with Crippen LogP contribution in [0.1, 0.15) is 0 Å². The fourth-order valence-corrected chi connectivity index (χ4v) is 2.44. The highest BCUT2D eigenvalue weighted by molar-refractivity contribution is 6.30. The zero-order valence-corrected chi connectivity index (χ0v) is 13.6. The Labute approximate surface area is 144 Å². The number of rotatable bonds is 5. The van der Waals surface area contributed by atoms with Gasteiger partial charge in [0, 0.05) is 22.7 Å². The van der Waals surface area contributed by atoms with Crippen LogP contribution in [0.3, 0.4) is 0 Å². The van der Waals surface area contributed by atoms with Gasteiger partial charge in [-0.15, -0.1) is 0 Å². The van der Waals surface area contributed by atoms with Crippen LogP contribution in [0.2, 0.25) is 5.02 Å². The third-order valence-corrected chi connectivity index (χ3v) is 3.66. The van der Waals surface area contributed by atoms with Gasteiger partial charge in [-0.1, -0.05) is 36.4 Å². The Morgan fingerprint density at radius 2 is 1.75 bits per heavy atom. The second-order valence-corrected chi connectivity index (χ2v) is 5.56. The zero-order valence-electron chi connectivity index (χ0n) is 12.9. The molecule has 1 aromatic heterocycles. The third-order valence-electron chi connectivity index (χ3n) is 3.40. The van der Waals surface area contributed by atoms with Crippen LogP contribution in [0.5, 0.6) is 5.75 Å².